The van der Waals surface area contributed by atoms with E-state index in [4.69, 9.17) is 4.74 Å². The van der Waals surface area contributed by atoms with Gasteiger partial charge in [0.05, 0.1) is 6.54 Å². The van der Waals surface area contributed by atoms with Crippen LogP contribution in [0.4, 0.5) is 0 Å². The molecule has 0 aliphatic carbocycles. The van der Waals surface area contributed by atoms with Crippen LogP contribution in [0.5, 0.6) is 5.75 Å². The molecule has 1 aromatic carbocycles. The van der Waals surface area contributed by atoms with Crippen molar-refractivity contribution < 1.29 is 4.74 Å². The zero-order valence-electron chi connectivity index (χ0n) is 15.0. The smallest absolute Gasteiger partial charge is 0.191 e. The van der Waals surface area contributed by atoms with Crippen LogP contribution < -0.4 is 15.4 Å². The summed E-state index contributed by atoms with van der Waals surface area (Å²) < 4.78 is 5.71. The van der Waals surface area contributed by atoms with Crippen molar-refractivity contribution in [3.8, 4) is 5.75 Å². The second-order valence-corrected chi connectivity index (χ2v) is 5.97. The average molecular weight is 446 g/mol. The van der Waals surface area contributed by atoms with E-state index in [-0.39, 0.29) is 24.0 Å². The summed E-state index contributed by atoms with van der Waals surface area (Å²) in [6, 6.07) is 8.75. The summed E-state index contributed by atoms with van der Waals surface area (Å²) in [7, 11) is 1.81. The number of hydrogen-bond donors (Lipinski definition) is 2. The maximum atomic E-state index is 5.71. The zero-order valence-corrected chi connectivity index (χ0v) is 17.4. The first-order valence-electron chi connectivity index (χ1n) is 8.61. The van der Waals surface area contributed by atoms with E-state index in [2.05, 4.69) is 46.5 Å². The Labute approximate surface area is 163 Å². The molecule has 1 aliphatic rings. The van der Waals surface area contributed by atoms with Gasteiger partial charge in [-0.3, -0.25) is 9.89 Å². The summed E-state index contributed by atoms with van der Waals surface area (Å²) in [4.78, 5) is 6.80. The standard InChI is InChI=1S/C18H30N4O.HI/c1-4-22-12-5-6-16(22)14-21-18(19-3)20-11-13-23-17-9-7-15(2)8-10-17;/h7-10,16H,4-6,11-14H2,1-3H3,(H2,19,20,21);1H. The van der Waals surface area contributed by atoms with Crippen molar-refractivity contribution in [2.24, 2.45) is 4.99 Å². The van der Waals surface area contributed by atoms with E-state index in [1.54, 1.807) is 0 Å². The quantitative estimate of drug-likeness (QED) is 0.293. The molecule has 1 atom stereocenters. The van der Waals surface area contributed by atoms with Crippen molar-refractivity contribution in [1.82, 2.24) is 15.5 Å². The van der Waals surface area contributed by atoms with Gasteiger partial charge in [-0.25, -0.2) is 0 Å². The Balaban J connectivity index is 0.00000288. The van der Waals surface area contributed by atoms with Crippen LogP contribution in [0, 0.1) is 6.92 Å². The van der Waals surface area contributed by atoms with Gasteiger partial charge in [-0.2, -0.15) is 0 Å². The van der Waals surface area contributed by atoms with Gasteiger partial charge in [0.2, 0.25) is 0 Å². The van der Waals surface area contributed by atoms with Crippen LogP contribution in [0.3, 0.4) is 0 Å². The van der Waals surface area contributed by atoms with E-state index < -0.39 is 0 Å². The Bertz CT molecular complexity index is 492. The maximum absolute atomic E-state index is 5.71. The van der Waals surface area contributed by atoms with Gasteiger partial charge in [0, 0.05) is 19.6 Å². The molecular formula is C18H31IN4O. The second-order valence-electron chi connectivity index (χ2n) is 5.97. The first kappa shape index (κ1) is 21.0. The van der Waals surface area contributed by atoms with Gasteiger partial charge in [-0.15, -0.1) is 24.0 Å². The Kier molecular flexibility index (Phi) is 10.1. The van der Waals surface area contributed by atoms with Crippen LogP contribution in [-0.4, -0.2) is 56.7 Å². The van der Waals surface area contributed by atoms with Crippen LogP contribution in [0.1, 0.15) is 25.3 Å². The SMILES string of the molecule is CCN1CCCC1CNC(=NC)NCCOc1ccc(C)cc1.I. The number of aryl methyl sites for hydroxylation is 1. The summed E-state index contributed by atoms with van der Waals surface area (Å²) >= 11 is 0. The monoisotopic (exact) mass is 446 g/mol. The lowest BCUT2D eigenvalue weighted by Gasteiger charge is -2.24. The number of benzene rings is 1. The molecule has 0 saturated carbocycles. The lowest BCUT2D eigenvalue weighted by molar-refractivity contribution is 0.266. The lowest BCUT2D eigenvalue weighted by Crippen LogP contribution is -2.45. The molecule has 0 radical (unpaired) electrons. The highest BCUT2D eigenvalue weighted by molar-refractivity contribution is 14.0. The number of likely N-dealkylation sites (N-methyl/N-ethyl adjacent to an activating group) is 1. The highest BCUT2D eigenvalue weighted by Gasteiger charge is 2.22. The number of hydrogen-bond acceptors (Lipinski definition) is 3. The van der Waals surface area contributed by atoms with Gasteiger partial charge < -0.3 is 15.4 Å². The number of rotatable bonds is 7. The molecule has 1 heterocycles. The van der Waals surface area contributed by atoms with Gasteiger partial charge in [-0.1, -0.05) is 24.6 Å². The molecule has 1 unspecified atom stereocenters. The predicted octanol–water partition coefficient (Wildman–Crippen LogP) is 2.64. The summed E-state index contributed by atoms with van der Waals surface area (Å²) in [6.07, 6.45) is 2.57. The first-order chi connectivity index (χ1) is 11.2. The predicted molar refractivity (Wildman–Crippen MR) is 112 cm³/mol. The lowest BCUT2D eigenvalue weighted by atomic mass is 10.2. The molecule has 24 heavy (non-hydrogen) atoms. The number of nitrogens with one attached hydrogen (secondary N) is 2. The molecule has 1 saturated heterocycles. The minimum atomic E-state index is 0. The number of nitrogens with zero attached hydrogens (tertiary/aromatic N) is 2. The molecule has 0 amide bonds. The van der Waals surface area contributed by atoms with Gasteiger partial charge in [-0.05, 0) is 45.0 Å². The molecule has 1 fully saturated rings. The van der Waals surface area contributed by atoms with Crippen LogP contribution in [0.25, 0.3) is 0 Å². The van der Waals surface area contributed by atoms with E-state index in [9.17, 15) is 0 Å². The van der Waals surface area contributed by atoms with Gasteiger partial charge in [0.15, 0.2) is 5.96 Å². The van der Waals surface area contributed by atoms with E-state index in [1.165, 1.54) is 24.9 Å². The number of aliphatic imine (C=N–C) groups is 1. The average Bonchev–Trinajstić information content (AvgIpc) is 3.03. The van der Waals surface area contributed by atoms with Crippen molar-refractivity contribution in [3.63, 3.8) is 0 Å². The summed E-state index contributed by atoms with van der Waals surface area (Å²) in [5.41, 5.74) is 1.24. The number of halogens is 1. The molecule has 0 aromatic heterocycles. The first-order valence-corrected chi connectivity index (χ1v) is 8.61. The van der Waals surface area contributed by atoms with E-state index in [0.29, 0.717) is 12.6 Å². The Morgan fingerprint density at radius 3 is 2.71 bits per heavy atom. The van der Waals surface area contributed by atoms with Gasteiger partial charge in [0.25, 0.3) is 0 Å². The Hall–Kier alpha value is -1.02. The zero-order chi connectivity index (χ0) is 16.5. The molecule has 136 valence electrons. The Morgan fingerprint density at radius 2 is 2.04 bits per heavy atom. The molecule has 0 bridgehead atoms. The summed E-state index contributed by atoms with van der Waals surface area (Å²) in [5.74, 6) is 1.75. The molecule has 2 N–H and O–H groups in total. The molecule has 1 aromatic rings. The van der Waals surface area contributed by atoms with Gasteiger partial charge in [0.1, 0.15) is 12.4 Å². The van der Waals surface area contributed by atoms with Crippen LogP contribution in [0.15, 0.2) is 29.3 Å². The van der Waals surface area contributed by atoms with Crippen LogP contribution in [0.2, 0.25) is 0 Å². The van der Waals surface area contributed by atoms with E-state index in [0.717, 1.165) is 31.3 Å². The van der Waals surface area contributed by atoms with Crippen molar-refractivity contribution >= 4 is 29.9 Å². The topological polar surface area (TPSA) is 48.9 Å². The van der Waals surface area contributed by atoms with E-state index >= 15 is 0 Å². The number of guanidine groups is 1. The fraction of sp³-hybridized carbons (Fsp3) is 0.611. The van der Waals surface area contributed by atoms with Crippen molar-refractivity contribution in [1.29, 1.82) is 0 Å². The third kappa shape index (κ3) is 6.84. The van der Waals surface area contributed by atoms with Gasteiger partial charge >= 0.3 is 0 Å². The number of ether oxygens (including phenoxy) is 1. The van der Waals surface area contributed by atoms with Crippen molar-refractivity contribution in [2.75, 3.05) is 39.8 Å². The largest absolute Gasteiger partial charge is 0.492 e. The fourth-order valence-electron chi connectivity index (χ4n) is 2.95. The molecular weight excluding hydrogens is 415 g/mol. The third-order valence-corrected chi connectivity index (χ3v) is 4.32. The number of likely N-dealkylation sites (tertiary alicyclic amines) is 1. The molecule has 6 heteroatoms. The molecule has 2 rings (SSSR count). The molecule has 5 nitrogen and oxygen atoms in total. The van der Waals surface area contributed by atoms with Crippen molar-refractivity contribution in [3.05, 3.63) is 29.8 Å². The van der Waals surface area contributed by atoms with Crippen LogP contribution >= 0.6 is 24.0 Å². The minimum absolute atomic E-state index is 0. The molecule has 0 spiro atoms. The minimum Gasteiger partial charge on any atom is -0.492 e. The highest BCUT2D eigenvalue weighted by Crippen LogP contribution is 2.15. The molecule has 1 aliphatic heterocycles. The summed E-state index contributed by atoms with van der Waals surface area (Å²) in [6.45, 7) is 8.96. The second kappa shape index (κ2) is 11.5. The van der Waals surface area contributed by atoms with Crippen LogP contribution in [-0.2, 0) is 0 Å². The Morgan fingerprint density at radius 1 is 1.29 bits per heavy atom. The summed E-state index contributed by atoms with van der Waals surface area (Å²) in [5, 5.41) is 6.73. The normalized spacial score (nSPS) is 18.1. The van der Waals surface area contributed by atoms with Crippen molar-refractivity contribution in [2.45, 2.75) is 32.7 Å². The maximum Gasteiger partial charge on any atom is 0.191 e. The third-order valence-electron chi connectivity index (χ3n) is 4.32. The van der Waals surface area contributed by atoms with E-state index in [1.807, 2.05) is 19.2 Å². The highest BCUT2D eigenvalue weighted by atomic mass is 127. The fourth-order valence-corrected chi connectivity index (χ4v) is 2.95.